The van der Waals surface area contributed by atoms with Crippen LogP contribution < -0.4 is 0 Å². The van der Waals surface area contributed by atoms with Crippen LogP contribution in [0.4, 0.5) is 0 Å². The first-order valence-corrected chi connectivity index (χ1v) is 4.80. The normalized spacial score (nSPS) is 12.5. The number of halogens is 1. The molecule has 1 unspecified atom stereocenters. The molecule has 2 nitrogen and oxygen atoms in total. The minimum Gasteiger partial charge on any atom is -0.481 e. The van der Waals surface area contributed by atoms with Crippen molar-refractivity contribution >= 4 is 21.9 Å². The van der Waals surface area contributed by atoms with Crippen molar-refractivity contribution in [2.75, 3.05) is 0 Å². The fourth-order valence-electron chi connectivity index (χ4n) is 1.16. The summed E-state index contributed by atoms with van der Waals surface area (Å²) in [6, 6.07) is 5.69. The zero-order valence-corrected chi connectivity index (χ0v) is 9.13. The summed E-state index contributed by atoms with van der Waals surface area (Å²) in [4.78, 5) is 10.7. The maximum atomic E-state index is 10.7. The van der Waals surface area contributed by atoms with E-state index in [0.717, 1.165) is 15.6 Å². The lowest BCUT2D eigenvalue weighted by atomic mass is 10.00. The SMILES string of the molecule is Cc1cc(Br)cc(C(C)C(=O)O)c1. The molecule has 3 heteroatoms. The summed E-state index contributed by atoms with van der Waals surface area (Å²) in [6.45, 7) is 3.63. The van der Waals surface area contributed by atoms with Crippen molar-refractivity contribution < 1.29 is 9.90 Å². The van der Waals surface area contributed by atoms with Crippen molar-refractivity contribution in [3.05, 3.63) is 33.8 Å². The Hall–Kier alpha value is -0.830. The molecule has 0 saturated carbocycles. The summed E-state index contributed by atoms with van der Waals surface area (Å²) < 4.78 is 0.926. The van der Waals surface area contributed by atoms with Crippen LogP contribution in [0.2, 0.25) is 0 Å². The van der Waals surface area contributed by atoms with E-state index in [-0.39, 0.29) is 0 Å². The van der Waals surface area contributed by atoms with E-state index in [2.05, 4.69) is 15.9 Å². The first-order chi connectivity index (χ1) is 6.00. The van der Waals surface area contributed by atoms with Crippen LogP contribution in [0.5, 0.6) is 0 Å². The van der Waals surface area contributed by atoms with Gasteiger partial charge in [-0.3, -0.25) is 4.79 Å². The quantitative estimate of drug-likeness (QED) is 0.866. The number of carboxylic acids is 1. The molecule has 13 heavy (non-hydrogen) atoms. The van der Waals surface area contributed by atoms with Crippen LogP contribution in [0.3, 0.4) is 0 Å². The number of carbonyl (C=O) groups is 1. The van der Waals surface area contributed by atoms with Gasteiger partial charge in [-0.1, -0.05) is 22.0 Å². The van der Waals surface area contributed by atoms with Gasteiger partial charge in [0.25, 0.3) is 0 Å². The number of aryl methyl sites for hydroxylation is 1. The van der Waals surface area contributed by atoms with E-state index in [4.69, 9.17) is 5.11 Å². The zero-order valence-electron chi connectivity index (χ0n) is 7.54. The van der Waals surface area contributed by atoms with Gasteiger partial charge in [-0.25, -0.2) is 0 Å². The smallest absolute Gasteiger partial charge is 0.310 e. The topological polar surface area (TPSA) is 37.3 Å². The highest BCUT2D eigenvalue weighted by Gasteiger charge is 2.13. The first kappa shape index (κ1) is 10.3. The van der Waals surface area contributed by atoms with Crippen LogP contribution in [-0.4, -0.2) is 11.1 Å². The number of rotatable bonds is 2. The molecule has 0 aliphatic heterocycles. The Labute approximate surface area is 85.7 Å². The molecule has 1 rings (SSSR count). The average molecular weight is 243 g/mol. The van der Waals surface area contributed by atoms with E-state index >= 15 is 0 Å². The molecular weight excluding hydrogens is 232 g/mol. The second kappa shape index (κ2) is 3.92. The van der Waals surface area contributed by atoms with Crippen LogP contribution >= 0.6 is 15.9 Å². The van der Waals surface area contributed by atoms with Crippen molar-refractivity contribution in [1.29, 1.82) is 0 Å². The van der Waals surface area contributed by atoms with Gasteiger partial charge in [-0.05, 0) is 37.1 Å². The van der Waals surface area contributed by atoms with Crippen LogP contribution in [0.1, 0.15) is 24.0 Å². The number of hydrogen-bond acceptors (Lipinski definition) is 1. The fraction of sp³-hybridized carbons (Fsp3) is 0.300. The monoisotopic (exact) mass is 242 g/mol. The second-order valence-corrected chi connectivity index (χ2v) is 4.04. The number of aliphatic carboxylic acids is 1. The molecule has 0 bridgehead atoms. The third kappa shape index (κ3) is 2.56. The molecule has 1 N–H and O–H groups in total. The van der Waals surface area contributed by atoms with Crippen molar-refractivity contribution in [2.45, 2.75) is 19.8 Å². The van der Waals surface area contributed by atoms with Gasteiger partial charge in [0.2, 0.25) is 0 Å². The predicted molar refractivity (Wildman–Crippen MR) is 54.9 cm³/mol. The summed E-state index contributed by atoms with van der Waals surface area (Å²) in [5, 5.41) is 8.80. The van der Waals surface area contributed by atoms with Gasteiger partial charge in [0.05, 0.1) is 5.92 Å². The highest BCUT2D eigenvalue weighted by molar-refractivity contribution is 9.10. The Kier molecular flexibility index (Phi) is 3.09. The predicted octanol–water partition coefficient (Wildman–Crippen LogP) is 2.95. The van der Waals surface area contributed by atoms with Crippen molar-refractivity contribution in [1.82, 2.24) is 0 Å². The van der Waals surface area contributed by atoms with E-state index in [9.17, 15) is 4.79 Å². The lowest BCUT2D eigenvalue weighted by molar-refractivity contribution is -0.138. The molecular formula is C10H11BrO2. The average Bonchev–Trinajstić information content (AvgIpc) is 2.01. The highest BCUT2D eigenvalue weighted by Crippen LogP contribution is 2.21. The van der Waals surface area contributed by atoms with Crippen molar-refractivity contribution in [3.8, 4) is 0 Å². The Morgan fingerprint density at radius 1 is 1.46 bits per heavy atom. The molecule has 0 saturated heterocycles. The molecule has 1 aromatic carbocycles. The second-order valence-electron chi connectivity index (χ2n) is 3.12. The largest absolute Gasteiger partial charge is 0.481 e. The lowest BCUT2D eigenvalue weighted by Crippen LogP contribution is -2.07. The van der Waals surface area contributed by atoms with E-state index in [0.29, 0.717) is 0 Å². The fourth-order valence-corrected chi connectivity index (χ4v) is 1.78. The standard InChI is InChI=1S/C10H11BrO2/c1-6-3-8(5-9(11)4-6)7(2)10(12)13/h3-5,7H,1-2H3,(H,12,13). The number of hydrogen-bond donors (Lipinski definition) is 1. The summed E-state index contributed by atoms with van der Waals surface area (Å²) in [5.74, 6) is -1.24. The van der Waals surface area contributed by atoms with Gasteiger partial charge >= 0.3 is 5.97 Å². The molecule has 0 aliphatic rings. The van der Waals surface area contributed by atoms with Crippen molar-refractivity contribution in [2.24, 2.45) is 0 Å². The minimum absolute atomic E-state index is 0.448. The van der Waals surface area contributed by atoms with Gasteiger partial charge in [-0.15, -0.1) is 0 Å². The Bertz CT molecular complexity index is 313. The number of benzene rings is 1. The molecule has 1 aromatic rings. The maximum absolute atomic E-state index is 10.7. The minimum atomic E-state index is -0.794. The zero-order chi connectivity index (χ0) is 10.0. The Morgan fingerprint density at radius 2 is 2.08 bits per heavy atom. The van der Waals surface area contributed by atoms with Gasteiger partial charge in [0.15, 0.2) is 0 Å². The molecule has 0 radical (unpaired) electrons. The van der Waals surface area contributed by atoms with Crippen molar-refractivity contribution in [3.63, 3.8) is 0 Å². The Morgan fingerprint density at radius 3 is 2.54 bits per heavy atom. The van der Waals surface area contributed by atoms with Crippen LogP contribution in [0.15, 0.2) is 22.7 Å². The van der Waals surface area contributed by atoms with Gasteiger partial charge in [0, 0.05) is 4.47 Å². The van der Waals surface area contributed by atoms with Crippen LogP contribution in [-0.2, 0) is 4.79 Å². The van der Waals surface area contributed by atoms with E-state index in [1.54, 1.807) is 6.92 Å². The molecule has 0 amide bonds. The third-order valence-electron chi connectivity index (χ3n) is 1.93. The molecule has 0 heterocycles. The first-order valence-electron chi connectivity index (χ1n) is 4.00. The van der Waals surface area contributed by atoms with E-state index in [1.165, 1.54) is 0 Å². The van der Waals surface area contributed by atoms with Crippen LogP contribution in [0.25, 0.3) is 0 Å². The third-order valence-corrected chi connectivity index (χ3v) is 2.39. The summed E-state index contributed by atoms with van der Waals surface area (Å²) >= 11 is 3.34. The molecule has 1 atom stereocenters. The molecule has 0 aliphatic carbocycles. The maximum Gasteiger partial charge on any atom is 0.310 e. The van der Waals surface area contributed by atoms with E-state index in [1.807, 2.05) is 25.1 Å². The highest BCUT2D eigenvalue weighted by atomic mass is 79.9. The van der Waals surface area contributed by atoms with Gasteiger partial charge in [0.1, 0.15) is 0 Å². The lowest BCUT2D eigenvalue weighted by Gasteiger charge is -2.07. The van der Waals surface area contributed by atoms with Crippen LogP contribution in [0, 0.1) is 6.92 Å². The summed E-state index contributed by atoms with van der Waals surface area (Å²) in [6.07, 6.45) is 0. The van der Waals surface area contributed by atoms with E-state index < -0.39 is 11.9 Å². The summed E-state index contributed by atoms with van der Waals surface area (Å²) in [7, 11) is 0. The van der Waals surface area contributed by atoms with Gasteiger partial charge in [-0.2, -0.15) is 0 Å². The molecule has 0 spiro atoms. The molecule has 0 fully saturated rings. The number of carboxylic acid groups (broad SMARTS) is 1. The molecule has 0 aromatic heterocycles. The Balaban J connectivity index is 3.07. The van der Waals surface area contributed by atoms with Gasteiger partial charge < -0.3 is 5.11 Å². The summed E-state index contributed by atoms with van der Waals surface area (Å²) in [5.41, 5.74) is 1.90. The molecule has 70 valence electrons.